The molecule has 1 atom stereocenters. The van der Waals surface area contributed by atoms with E-state index in [0.29, 0.717) is 0 Å². The van der Waals surface area contributed by atoms with Crippen molar-refractivity contribution in [2.24, 2.45) is 0 Å². The van der Waals surface area contributed by atoms with E-state index < -0.39 is 65.1 Å². The normalized spacial score (nSPS) is 16.8. The summed E-state index contributed by atoms with van der Waals surface area (Å²) < 4.78 is 222. The highest BCUT2D eigenvalue weighted by Crippen LogP contribution is 2.59. The fraction of sp³-hybridized carbons (Fsp3) is 0.692. The maximum atomic E-state index is 14.2. The summed E-state index contributed by atoms with van der Waals surface area (Å²) in [6.45, 7) is 2.65. The maximum absolute atomic E-state index is 14.2. The summed E-state index contributed by atoms with van der Waals surface area (Å²) in [5, 5.41) is 0. The van der Waals surface area contributed by atoms with E-state index in [1.165, 1.54) is 0 Å². The summed E-state index contributed by atoms with van der Waals surface area (Å²) in [5.41, 5.74) is -1.49. The predicted octanol–water partition coefficient (Wildman–Crippen LogP) is 5.64. The Morgan fingerprint density at radius 1 is 0.576 bits per heavy atom. The van der Waals surface area contributed by atoms with Crippen LogP contribution in [0.15, 0.2) is 12.2 Å². The van der Waals surface area contributed by atoms with Crippen LogP contribution in [0.2, 0.25) is 0 Å². The number of Topliss-reactive ketones (excluding diaryl/α,β-unsaturated/α-hetero) is 1. The van der Waals surface area contributed by atoms with Crippen LogP contribution in [0.5, 0.6) is 0 Å². The molecule has 0 rings (SSSR count). The SMILES string of the molecule is C=C(C)C(=O)OC(F)(C(=O)C(F)(F)C(F)(F)C(F)(F)C(F)(F)C(F)(F)F)C(F)(F)C(F)(F)F. The third kappa shape index (κ3) is 4.31. The van der Waals surface area contributed by atoms with Gasteiger partial charge in [0.15, 0.2) is 0 Å². The Hall–Kier alpha value is -2.31. The molecule has 0 amide bonds. The third-order valence-electron chi connectivity index (χ3n) is 3.46. The Labute approximate surface area is 169 Å². The first kappa shape index (κ1) is 30.7. The number of carbonyl (C=O) groups excluding carboxylic acids is 2. The molecule has 0 saturated heterocycles. The van der Waals surface area contributed by atoms with Crippen molar-refractivity contribution in [1.82, 2.24) is 0 Å². The molecule has 0 aliphatic rings. The Kier molecular flexibility index (Phi) is 7.33. The number of esters is 1. The number of hydrogen-bond donors (Lipinski definition) is 0. The van der Waals surface area contributed by atoms with Crippen LogP contribution < -0.4 is 0 Å². The lowest BCUT2D eigenvalue weighted by Crippen LogP contribution is -2.73. The molecule has 0 radical (unpaired) electrons. The first-order valence-corrected chi connectivity index (χ1v) is 7.13. The molecular formula is C13H5F17O3. The van der Waals surface area contributed by atoms with E-state index >= 15 is 0 Å². The summed E-state index contributed by atoms with van der Waals surface area (Å²) in [6.07, 6.45) is -15.4. The van der Waals surface area contributed by atoms with E-state index in [9.17, 15) is 84.2 Å². The third-order valence-corrected chi connectivity index (χ3v) is 3.46. The average Bonchev–Trinajstić information content (AvgIpc) is 2.57. The van der Waals surface area contributed by atoms with Gasteiger partial charge in [-0.05, 0) is 6.92 Å². The highest BCUT2D eigenvalue weighted by Gasteiger charge is 2.91. The van der Waals surface area contributed by atoms with E-state index in [0.717, 1.165) is 0 Å². The Bertz CT molecular complexity index is 806. The van der Waals surface area contributed by atoms with E-state index in [-0.39, 0.29) is 6.92 Å². The Balaban J connectivity index is 7.08. The van der Waals surface area contributed by atoms with Crippen molar-refractivity contribution in [3.8, 4) is 0 Å². The molecule has 0 aromatic carbocycles. The number of ether oxygens (including phenoxy) is 1. The summed E-state index contributed by atoms with van der Waals surface area (Å²) in [7, 11) is 0. The molecule has 0 bridgehead atoms. The number of hydrogen-bond acceptors (Lipinski definition) is 3. The molecule has 0 heterocycles. The number of carbonyl (C=O) groups is 2. The number of halogens is 17. The molecule has 33 heavy (non-hydrogen) atoms. The van der Waals surface area contributed by atoms with E-state index in [1.54, 1.807) is 0 Å². The van der Waals surface area contributed by atoms with Gasteiger partial charge < -0.3 is 4.74 Å². The van der Waals surface area contributed by atoms with Gasteiger partial charge >= 0.3 is 53.8 Å². The number of rotatable bonds is 8. The van der Waals surface area contributed by atoms with Gasteiger partial charge in [-0.2, -0.15) is 74.6 Å². The molecule has 20 heteroatoms. The lowest BCUT2D eigenvalue weighted by Gasteiger charge is -2.39. The molecule has 194 valence electrons. The van der Waals surface area contributed by atoms with Crippen LogP contribution >= 0.6 is 0 Å². The highest BCUT2D eigenvalue weighted by atomic mass is 19.4. The zero-order valence-electron chi connectivity index (χ0n) is 14.9. The summed E-state index contributed by atoms with van der Waals surface area (Å²) in [4.78, 5) is 22.3. The monoisotopic (exact) mass is 532 g/mol. The first-order valence-electron chi connectivity index (χ1n) is 7.13. The summed E-state index contributed by atoms with van der Waals surface area (Å²) in [5.74, 6) is -57.0. The van der Waals surface area contributed by atoms with Crippen molar-refractivity contribution in [2.75, 3.05) is 0 Å². The van der Waals surface area contributed by atoms with Crippen LogP contribution in [0.25, 0.3) is 0 Å². The van der Waals surface area contributed by atoms with Gasteiger partial charge in [-0.3, -0.25) is 4.79 Å². The standard InChI is InChI=1S/C13H5F17O3/c1-3(2)4(31)33-7(16,9(19,20)12(25,26)27)5(32)6(14,15)8(17,18)10(21,22)11(23,24)13(28,29)30/h1H2,2H3. The fourth-order valence-corrected chi connectivity index (χ4v) is 1.57. The van der Waals surface area contributed by atoms with Gasteiger partial charge in [-0.15, -0.1) is 0 Å². The zero-order chi connectivity index (χ0) is 27.4. The van der Waals surface area contributed by atoms with Crippen LogP contribution in [0.4, 0.5) is 74.6 Å². The van der Waals surface area contributed by atoms with Gasteiger partial charge in [0.25, 0.3) is 5.78 Å². The second kappa shape index (κ2) is 7.88. The van der Waals surface area contributed by atoms with Gasteiger partial charge in [-0.25, -0.2) is 4.79 Å². The molecule has 0 spiro atoms. The minimum absolute atomic E-state index is 0.254. The van der Waals surface area contributed by atoms with Gasteiger partial charge in [0.2, 0.25) is 0 Å². The molecule has 0 fully saturated rings. The van der Waals surface area contributed by atoms with Crippen molar-refractivity contribution in [3.63, 3.8) is 0 Å². The van der Waals surface area contributed by atoms with Crippen molar-refractivity contribution in [1.29, 1.82) is 0 Å². The lowest BCUT2D eigenvalue weighted by molar-refractivity contribution is -0.420. The zero-order valence-corrected chi connectivity index (χ0v) is 14.9. The van der Waals surface area contributed by atoms with E-state index in [4.69, 9.17) is 0 Å². The second-order valence-electron chi connectivity index (χ2n) is 5.96. The molecule has 0 aromatic heterocycles. The van der Waals surface area contributed by atoms with Crippen molar-refractivity contribution >= 4 is 11.8 Å². The quantitative estimate of drug-likeness (QED) is 0.231. The average molecular weight is 532 g/mol. The van der Waals surface area contributed by atoms with Crippen LogP contribution in [-0.4, -0.2) is 59.6 Å². The molecule has 0 aliphatic carbocycles. The number of alkyl halides is 17. The second-order valence-corrected chi connectivity index (χ2v) is 5.96. The fourth-order valence-electron chi connectivity index (χ4n) is 1.57. The summed E-state index contributed by atoms with van der Waals surface area (Å²) >= 11 is 0. The molecular weight excluding hydrogens is 527 g/mol. The van der Waals surface area contributed by atoms with E-state index in [1.807, 2.05) is 0 Å². The minimum Gasteiger partial charge on any atom is -0.412 e. The summed E-state index contributed by atoms with van der Waals surface area (Å²) in [6, 6.07) is 0. The van der Waals surface area contributed by atoms with Crippen LogP contribution in [0, 0.1) is 0 Å². The lowest BCUT2D eigenvalue weighted by atomic mass is 9.90. The maximum Gasteiger partial charge on any atom is 0.461 e. The first-order chi connectivity index (χ1) is 14.0. The van der Waals surface area contributed by atoms with Gasteiger partial charge in [0.1, 0.15) is 0 Å². The van der Waals surface area contributed by atoms with Gasteiger partial charge in [0.05, 0.1) is 0 Å². The van der Waals surface area contributed by atoms with Gasteiger partial charge in [-0.1, -0.05) is 6.58 Å². The smallest absolute Gasteiger partial charge is 0.412 e. The molecule has 3 nitrogen and oxygen atoms in total. The van der Waals surface area contributed by atoms with Gasteiger partial charge in [0, 0.05) is 5.57 Å². The largest absolute Gasteiger partial charge is 0.461 e. The molecule has 0 aromatic rings. The van der Waals surface area contributed by atoms with Crippen LogP contribution in [0.1, 0.15) is 6.92 Å². The van der Waals surface area contributed by atoms with Crippen LogP contribution in [-0.2, 0) is 14.3 Å². The van der Waals surface area contributed by atoms with E-state index in [2.05, 4.69) is 11.3 Å². The van der Waals surface area contributed by atoms with Crippen molar-refractivity contribution in [2.45, 2.75) is 54.7 Å². The predicted molar refractivity (Wildman–Crippen MR) is 66.6 cm³/mol. The molecule has 1 unspecified atom stereocenters. The number of ketones is 1. The minimum atomic E-state index is -8.51. The van der Waals surface area contributed by atoms with Crippen molar-refractivity contribution < 1.29 is 89.0 Å². The molecule has 0 N–H and O–H groups in total. The highest BCUT2D eigenvalue weighted by molar-refractivity contribution is 5.98. The Morgan fingerprint density at radius 2 is 0.909 bits per heavy atom. The molecule has 0 aliphatic heterocycles. The topological polar surface area (TPSA) is 43.4 Å². The Morgan fingerprint density at radius 3 is 1.18 bits per heavy atom. The van der Waals surface area contributed by atoms with Crippen molar-refractivity contribution in [3.05, 3.63) is 12.2 Å². The van der Waals surface area contributed by atoms with Crippen LogP contribution in [0.3, 0.4) is 0 Å². The molecule has 0 saturated carbocycles.